The van der Waals surface area contributed by atoms with E-state index in [0.29, 0.717) is 0 Å². The number of rotatable bonds is 3. The van der Waals surface area contributed by atoms with Crippen LogP contribution in [0, 0.1) is 0 Å². The maximum absolute atomic E-state index is 12.7. The Hall–Kier alpha value is -1.72. The molecule has 0 saturated heterocycles. The number of hydrogen-bond acceptors (Lipinski definition) is 3. The van der Waals surface area contributed by atoms with Crippen LogP contribution in [-0.4, -0.2) is 20.2 Å². The third-order valence-corrected chi connectivity index (χ3v) is 2.18. The van der Waals surface area contributed by atoms with E-state index in [-0.39, 0.29) is 11.3 Å². The van der Waals surface area contributed by atoms with Crippen molar-refractivity contribution in [3.63, 3.8) is 0 Å². The molecule has 1 aromatic carbocycles. The van der Waals surface area contributed by atoms with Crippen LogP contribution in [-0.2, 0) is 22.1 Å². The van der Waals surface area contributed by atoms with Gasteiger partial charge < -0.3 is 9.47 Å². The van der Waals surface area contributed by atoms with E-state index < -0.39 is 24.1 Å². The third kappa shape index (κ3) is 3.37. The maximum Gasteiger partial charge on any atom is 0.416 e. The summed E-state index contributed by atoms with van der Waals surface area (Å²) in [4.78, 5) is 11.0. The van der Waals surface area contributed by atoms with Gasteiger partial charge in [-0.2, -0.15) is 13.2 Å². The molecule has 94 valence electrons. The van der Waals surface area contributed by atoms with Gasteiger partial charge in [0.1, 0.15) is 5.75 Å². The zero-order valence-electron chi connectivity index (χ0n) is 9.30. The molecule has 0 aliphatic heterocycles. The molecular formula is C11H11F3O3. The third-order valence-electron chi connectivity index (χ3n) is 2.18. The molecule has 0 saturated carbocycles. The van der Waals surface area contributed by atoms with Crippen LogP contribution >= 0.6 is 0 Å². The van der Waals surface area contributed by atoms with Crippen LogP contribution in [0.5, 0.6) is 5.75 Å². The van der Waals surface area contributed by atoms with E-state index in [4.69, 9.17) is 4.74 Å². The molecule has 0 aliphatic rings. The molecule has 0 fully saturated rings. The average Bonchev–Trinajstić information content (AvgIpc) is 2.28. The number of benzene rings is 1. The van der Waals surface area contributed by atoms with Gasteiger partial charge in [-0.25, -0.2) is 0 Å². The Bertz CT molecular complexity index is 413. The second-order valence-corrected chi connectivity index (χ2v) is 3.27. The van der Waals surface area contributed by atoms with Crippen molar-refractivity contribution in [2.24, 2.45) is 0 Å². The summed E-state index contributed by atoms with van der Waals surface area (Å²) in [6.07, 6.45) is -4.95. The molecule has 0 spiro atoms. The number of ether oxygens (including phenoxy) is 2. The van der Waals surface area contributed by atoms with Crippen molar-refractivity contribution in [3.8, 4) is 5.75 Å². The highest BCUT2D eigenvalue weighted by Crippen LogP contribution is 2.34. The van der Waals surface area contributed by atoms with Crippen LogP contribution in [0.25, 0.3) is 0 Å². The van der Waals surface area contributed by atoms with Gasteiger partial charge in [-0.15, -0.1) is 0 Å². The lowest BCUT2D eigenvalue weighted by molar-refractivity contribution is -0.141. The Morgan fingerprint density at radius 1 is 1.29 bits per heavy atom. The van der Waals surface area contributed by atoms with E-state index >= 15 is 0 Å². The lowest BCUT2D eigenvalue weighted by atomic mass is 10.0. The van der Waals surface area contributed by atoms with E-state index in [1.165, 1.54) is 19.2 Å². The highest BCUT2D eigenvalue weighted by Gasteiger charge is 2.34. The Kier molecular flexibility index (Phi) is 3.98. The summed E-state index contributed by atoms with van der Waals surface area (Å²) in [5, 5.41) is 0. The molecular weight excluding hydrogens is 237 g/mol. The Labute approximate surface area is 96.1 Å². The first-order chi connectivity index (χ1) is 7.88. The second kappa shape index (κ2) is 5.07. The number of esters is 1. The van der Waals surface area contributed by atoms with Crippen LogP contribution in [0.3, 0.4) is 0 Å². The standard InChI is InChI=1S/C11H11F3O3/c1-16-8-4-3-7(5-10(15)17-2)9(6-8)11(12,13)14/h3-4,6H,5H2,1-2H3. The van der Waals surface area contributed by atoms with Crippen LogP contribution < -0.4 is 4.74 Å². The second-order valence-electron chi connectivity index (χ2n) is 3.27. The molecule has 0 unspecified atom stereocenters. The summed E-state index contributed by atoms with van der Waals surface area (Å²) in [5.41, 5.74) is -1.02. The molecule has 0 N–H and O–H groups in total. The van der Waals surface area contributed by atoms with Gasteiger partial charge in [-0.05, 0) is 17.7 Å². The minimum absolute atomic E-state index is 0.0888. The van der Waals surface area contributed by atoms with Gasteiger partial charge in [0.2, 0.25) is 0 Å². The van der Waals surface area contributed by atoms with E-state index in [9.17, 15) is 18.0 Å². The SMILES string of the molecule is COC(=O)Cc1ccc(OC)cc1C(F)(F)F. The Morgan fingerprint density at radius 3 is 2.41 bits per heavy atom. The molecule has 0 atom stereocenters. The molecule has 0 aliphatic carbocycles. The van der Waals surface area contributed by atoms with E-state index in [1.54, 1.807) is 0 Å². The number of carbonyl (C=O) groups is 1. The monoisotopic (exact) mass is 248 g/mol. The Balaban J connectivity index is 3.16. The predicted octanol–water partition coefficient (Wildman–Crippen LogP) is 2.43. The predicted molar refractivity (Wildman–Crippen MR) is 53.7 cm³/mol. The van der Waals surface area contributed by atoms with Crippen molar-refractivity contribution < 1.29 is 27.4 Å². The molecule has 1 aromatic rings. The van der Waals surface area contributed by atoms with Gasteiger partial charge in [0.05, 0.1) is 26.2 Å². The number of hydrogen-bond donors (Lipinski definition) is 0. The number of alkyl halides is 3. The van der Waals surface area contributed by atoms with Crippen molar-refractivity contribution in [1.29, 1.82) is 0 Å². The van der Waals surface area contributed by atoms with E-state index in [0.717, 1.165) is 13.2 Å². The largest absolute Gasteiger partial charge is 0.497 e. The maximum atomic E-state index is 12.7. The minimum Gasteiger partial charge on any atom is -0.497 e. The first-order valence-corrected chi connectivity index (χ1v) is 4.69. The van der Waals surface area contributed by atoms with Crippen molar-refractivity contribution >= 4 is 5.97 Å². The first kappa shape index (κ1) is 13.3. The lowest BCUT2D eigenvalue weighted by Crippen LogP contribution is -2.13. The molecule has 0 heterocycles. The van der Waals surface area contributed by atoms with Crippen molar-refractivity contribution in [2.75, 3.05) is 14.2 Å². The van der Waals surface area contributed by atoms with Crippen molar-refractivity contribution in [1.82, 2.24) is 0 Å². The molecule has 1 rings (SSSR count). The topological polar surface area (TPSA) is 35.5 Å². The minimum atomic E-state index is -4.53. The zero-order valence-corrected chi connectivity index (χ0v) is 9.30. The molecule has 0 amide bonds. The lowest BCUT2D eigenvalue weighted by Gasteiger charge is -2.13. The summed E-state index contributed by atoms with van der Waals surface area (Å²) < 4.78 is 47.2. The molecule has 0 radical (unpaired) electrons. The van der Waals surface area contributed by atoms with Gasteiger partial charge in [0.25, 0.3) is 0 Å². The fourth-order valence-electron chi connectivity index (χ4n) is 1.33. The molecule has 0 bridgehead atoms. The summed E-state index contributed by atoms with van der Waals surface area (Å²) in [7, 11) is 2.40. The Morgan fingerprint density at radius 2 is 1.94 bits per heavy atom. The summed E-state index contributed by atoms with van der Waals surface area (Å²) in [6, 6.07) is 3.43. The van der Waals surface area contributed by atoms with Crippen LogP contribution in [0.4, 0.5) is 13.2 Å². The van der Waals surface area contributed by atoms with Gasteiger partial charge in [-0.1, -0.05) is 6.07 Å². The van der Waals surface area contributed by atoms with Crippen LogP contribution in [0.1, 0.15) is 11.1 Å². The van der Waals surface area contributed by atoms with Gasteiger partial charge >= 0.3 is 12.1 Å². The first-order valence-electron chi connectivity index (χ1n) is 4.69. The van der Waals surface area contributed by atoms with E-state index in [2.05, 4.69) is 4.74 Å². The zero-order chi connectivity index (χ0) is 13.1. The van der Waals surface area contributed by atoms with E-state index in [1.807, 2.05) is 0 Å². The normalized spacial score (nSPS) is 11.1. The fraction of sp³-hybridized carbons (Fsp3) is 0.364. The molecule has 0 aromatic heterocycles. The summed E-state index contributed by atoms with van der Waals surface area (Å²) >= 11 is 0. The number of methoxy groups -OCH3 is 2. The highest BCUT2D eigenvalue weighted by molar-refractivity contribution is 5.73. The quantitative estimate of drug-likeness (QED) is 0.771. The fourth-order valence-corrected chi connectivity index (χ4v) is 1.33. The van der Waals surface area contributed by atoms with Crippen LogP contribution in [0.15, 0.2) is 18.2 Å². The van der Waals surface area contributed by atoms with Crippen LogP contribution in [0.2, 0.25) is 0 Å². The average molecular weight is 248 g/mol. The molecule has 6 heteroatoms. The van der Waals surface area contributed by atoms with Gasteiger partial charge in [-0.3, -0.25) is 4.79 Å². The van der Waals surface area contributed by atoms with Crippen molar-refractivity contribution in [2.45, 2.75) is 12.6 Å². The molecule has 3 nitrogen and oxygen atoms in total. The number of carbonyl (C=O) groups excluding carboxylic acids is 1. The number of halogens is 3. The van der Waals surface area contributed by atoms with Gasteiger partial charge in [0.15, 0.2) is 0 Å². The smallest absolute Gasteiger partial charge is 0.416 e. The van der Waals surface area contributed by atoms with Crippen molar-refractivity contribution in [3.05, 3.63) is 29.3 Å². The summed E-state index contributed by atoms with van der Waals surface area (Å²) in [6.45, 7) is 0. The molecule has 17 heavy (non-hydrogen) atoms. The highest BCUT2D eigenvalue weighted by atomic mass is 19.4. The summed E-state index contributed by atoms with van der Waals surface area (Å²) in [5.74, 6) is -0.633. The van der Waals surface area contributed by atoms with Gasteiger partial charge in [0, 0.05) is 0 Å².